The van der Waals surface area contributed by atoms with Gasteiger partial charge in [0.25, 0.3) is 0 Å². The van der Waals surface area contributed by atoms with E-state index in [1.54, 1.807) is 4.68 Å². The molecule has 1 heterocycles. The molecule has 0 bridgehead atoms. The highest BCUT2D eigenvalue weighted by molar-refractivity contribution is 9.10. The molecule has 27 heavy (non-hydrogen) atoms. The van der Waals surface area contributed by atoms with Gasteiger partial charge in [-0.15, -0.1) is 0 Å². The van der Waals surface area contributed by atoms with Crippen molar-refractivity contribution in [2.24, 2.45) is 7.05 Å². The first-order valence-electron chi connectivity index (χ1n) is 8.92. The Kier molecular flexibility index (Phi) is 5.51. The molecule has 140 valence electrons. The van der Waals surface area contributed by atoms with Gasteiger partial charge in [0.1, 0.15) is 5.69 Å². The van der Waals surface area contributed by atoms with Gasteiger partial charge in [0.05, 0.1) is 10.9 Å². The third kappa shape index (κ3) is 4.14. The predicted molar refractivity (Wildman–Crippen MR) is 114 cm³/mol. The number of halogens is 1. The van der Waals surface area contributed by atoms with Crippen LogP contribution in [0, 0.1) is 27.7 Å². The molecule has 0 fully saturated rings. The summed E-state index contributed by atoms with van der Waals surface area (Å²) in [7, 11) is 1.88. The highest BCUT2D eigenvalue weighted by Gasteiger charge is 2.13. The van der Waals surface area contributed by atoms with Crippen LogP contribution in [0.2, 0.25) is 0 Å². The Labute approximate surface area is 168 Å². The van der Waals surface area contributed by atoms with Crippen molar-refractivity contribution in [2.75, 3.05) is 5.32 Å². The van der Waals surface area contributed by atoms with Gasteiger partial charge in [-0.1, -0.05) is 18.2 Å². The summed E-state index contributed by atoms with van der Waals surface area (Å²) in [6.45, 7) is 8.43. The normalized spacial score (nSPS) is 10.9. The van der Waals surface area contributed by atoms with Crippen molar-refractivity contribution < 1.29 is 4.79 Å². The standard InChI is InChI=1S/C22H24BrN3O/c1-13-9-18(16(4)15(3)14(13)2)11-21(27)24-19-8-6-7-17(10-19)22-20(23)12-26(5)25-22/h6-10,12H,11H2,1-5H3,(H,24,27). The lowest BCUT2D eigenvalue weighted by atomic mass is 9.93. The van der Waals surface area contributed by atoms with Gasteiger partial charge in [-0.2, -0.15) is 5.10 Å². The van der Waals surface area contributed by atoms with Crippen molar-refractivity contribution in [3.8, 4) is 11.3 Å². The summed E-state index contributed by atoms with van der Waals surface area (Å²) in [5.41, 5.74) is 8.64. The Morgan fingerprint density at radius 3 is 2.52 bits per heavy atom. The molecule has 1 amide bonds. The lowest BCUT2D eigenvalue weighted by Crippen LogP contribution is -2.15. The monoisotopic (exact) mass is 425 g/mol. The summed E-state index contributed by atoms with van der Waals surface area (Å²) in [6, 6.07) is 9.88. The second kappa shape index (κ2) is 7.69. The van der Waals surface area contributed by atoms with E-state index in [2.05, 4.69) is 60.1 Å². The molecule has 0 aliphatic rings. The zero-order valence-electron chi connectivity index (χ0n) is 16.4. The average molecular weight is 426 g/mol. The Hall–Kier alpha value is -2.40. The minimum atomic E-state index is -0.0158. The predicted octanol–water partition coefficient (Wildman–Crippen LogP) is 5.26. The number of nitrogens with one attached hydrogen (secondary N) is 1. The molecule has 3 aromatic rings. The maximum Gasteiger partial charge on any atom is 0.228 e. The molecule has 0 atom stereocenters. The van der Waals surface area contributed by atoms with Crippen LogP contribution in [0.5, 0.6) is 0 Å². The number of amides is 1. The molecular weight excluding hydrogens is 402 g/mol. The fraction of sp³-hybridized carbons (Fsp3) is 0.273. The first kappa shape index (κ1) is 19.4. The van der Waals surface area contributed by atoms with E-state index < -0.39 is 0 Å². The summed E-state index contributed by atoms with van der Waals surface area (Å²) in [5.74, 6) is -0.0158. The molecule has 1 N–H and O–H groups in total. The highest BCUT2D eigenvalue weighted by Crippen LogP contribution is 2.28. The molecule has 0 aliphatic carbocycles. The Morgan fingerprint density at radius 1 is 1.11 bits per heavy atom. The molecule has 5 heteroatoms. The third-order valence-electron chi connectivity index (χ3n) is 5.14. The van der Waals surface area contributed by atoms with Crippen LogP contribution in [0.25, 0.3) is 11.3 Å². The quantitative estimate of drug-likeness (QED) is 0.618. The lowest BCUT2D eigenvalue weighted by molar-refractivity contribution is -0.115. The topological polar surface area (TPSA) is 46.9 Å². The van der Waals surface area contributed by atoms with E-state index >= 15 is 0 Å². The summed E-state index contributed by atoms with van der Waals surface area (Å²) < 4.78 is 2.69. The zero-order valence-corrected chi connectivity index (χ0v) is 17.9. The van der Waals surface area contributed by atoms with E-state index in [1.165, 1.54) is 22.3 Å². The molecule has 0 unspecified atom stereocenters. The number of hydrogen-bond donors (Lipinski definition) is 1. The third-order valence-corrected chi connectivity index (χ3v) is 5.72. The maximum absolute atomic E-state index is 12.6. The van der Waals surface area contributed by atoms with E-state index in [0.29, 0.717) is 6.42 Å². The fourth-order valence-electron chi connectivity index (χ4n) is 3.26. The number of anilines is 1. The Bertz CT molecular complexity index is 1020. The van der Waals surface area contributed by atoms with Crippen LogP contribution >= 0.6 is 15.9 Å². The molecule has 0 aliphatic heterocycles. The van der Waals surface area contributed by atoms with Crippen LogP contribution in [0.4, 0.5) is 5.69 Å². The Morgan fingerprint density at radius 2 is 1.85 bits per heavy atom. The molecule has 0 radical (unpaired) electrons. The number of carbonyl (C=O) groups excluding carboxylic acids is 1. The van der Waals surface area contributed by atoms with E-state index in [4.69, 9.17) is 0 Å². The van der Waals surface area contributed by atoms with Crippen molar-refractivity contribution in [2.45, 2.75) is 34.1 Å². The van der Waals surface area contributed by atoms with Crippen LogP contribution in [-0.2, 0) is 18.3 Å². The SMILES string of the molecule is Cc1cc(CC(=O)Nc2cccc(-c3nn(C)cc3Br)c2)c(C)c(C)c1C. The molecule has 1 aromatic heterocycles. The van der Waals surface area contributed by atoms with E-state index in [0.717, 1.165) is 27.0 Å². The van der Waals surface area contributed by atoms with Gasteiger partial charge in [0.2, 0.25) is 5.91 Å². The smallest absolute Gasteiger partial charge is 0.228 e. The summed E-state index contributed by atoms with van der Waals surface area (Å²) in [6.07, 6.45) is 2.27. The molecule has 0 saturated heterocycles. The summed E-state index contributed by atoms with van der Waals surface area (Å²) in [5, 5.41) is 7.48. The Balaban J connectivity index is 1.79. The first-order chi connectivity index (χ1) is 12.8. The van der Waals surface area contributed by atoms with Gasteiger partial charge in [-0.3, -0.25) is 9.48 Å². The first-order valence-corrected chi connectivity index (χ1v) is 9.71. The van der Waals surface area contributed by atoms with Gasteiger partial charge in [0, 0.05) is 24.5 Å². The highest BCUT2D eigenvalue weighted by atomic mass is 79.9. The molecule has 4 nitrogen and oxygen atoms in total. The largest absolute Gasteiger partial charge is 0.326 e. The second-order valence-corrected chi connectivity index (χ2v) is 7.89. The average Bonchev–Trinajstić information content (AvgIpc) is 2.96. The van der Waals surface area contributed by atoms with Crippen LogP contribution < -0.4 is 5.32 Å². The van der Waals surface area contributed by atoms with Gasteiger partial charge in [-0.25, -0.2) is 0 Å². The molecule has 3 rings (SSSR count). The summed E-state index contributed by atoms with van der Waals surface area (Å²) in [4.78, 5) is 12.6. The van der Waals surface area contributed by atoms with Crippen LogP contribution in [0.3, 0.4) is 0 Å². The van der Waals surface area contributed by atoms with Crippen molar-refractivity contribution in [1.29, 1.82) is 0 Å². The van der Waals surface area contributed by atoms with E-state index in [1.807, 2.05) is 37.5 Å². The van der Waals surface area contributed by atoms with Crippen LogP contribution in [-0.4, -0.2) is 15.7 Å². The zero-order chi connectivity index (χ0) is 19.7. The van der Waals surface area contributed by atoms with Gasteiger partial charge in [0.15, 0.2) is 0 Å². The number of carbonyl (C=O) groups is 1. The van der Waals surface area contributed by atoms with Crippen molar-refractivity contribution in [1.82, 2.24) is 9.78 Å². The summed E-state index contributed by atoms with van der Waals surface area (Å²) >= 11 is 3.53. The number of nitrogens with zero attached hydrogens (tertiary/aromatic N) is 2. The number of benzene rings is 2. The molecule has 0 saturated carbocycles. The minimum absolute atomic E-state index is 0.0158. The van der Waals surface area contributed by atoms with Crippen molar-refractivity contribution in [3.05, 3.63) is 68.8 Å². The van der Waals surface area contributed by atoms with E-state index in [9.17, 15) is 4.79 Å². The lowest BCUT2D eigenvalue weighted by Gasteiger charge is -2.14. The van der Waals surface area contributed by atoms with Gasteiger partial charge < -0.3 is 5.32 Å². The fourth-order valence-corrected chi connectivity index (χ4v) is 3.86. The van der Waals surface area contributed by atoms with Gasteiger partial charge in [-0.05, 0) is 83.6 Å². The second-order valence-electron chi connectivity index (χ2n) is 7.03. The number of aryl methyl sites for hydroxylation is 2. The van der Waals surface area contributed by atoms with Gasteiger partial charge >= 0.3 is 0 Å². The molecular formula is C22H24BrN3O. The van der Waals surface area contributed by atoms with Crippen LogP contribution in [0.1, 0.15) is 27.8 Å². The molecule has 0 spiro atoms. The maximum atomic E-state index is 12.6. The van der Waals surface area contributed by atoms with Crippen molar-refractivity contribution >= 4 is 27.5 Å². The number of aromatic nitrogens is 2. The van der Waals surface area contributed by atoms with Crippen LogP contribution in [0.15, 0.2) is 41.0 Å². The van der Waals surface area contributed by atoms with E-state index in [-0.39, 0.29) is 5.91 Å². The molecule has 2 aromatic carbocycles. The number of hydrogen-bond acceptors (Lipinski definition) is 2. The van der Waals surface area contributed by atoms with Crippen molar-refractivity contribution in [3.63, 3.8) is 0 Å². The minimum Gasteiger partial charge on any atom is -0.326 e. The number of rotatable bonds is 4.